The molecular weight excluding hydrogens is 334 g/mol. The van der Waals surface area contributed by atoms with E-state index >= 15 is 0 Å². The molecule has 0 unspecified atom stereocenters. The Labute approximate surface area is 150 Å². The topological polar surface area (TPSA) is 70.7 Å². The van der Waals surface area contributed by atoms with E-state index in [0.717, 1.165) is 29.9 Å². The van der Waals surface area contributed by atoms with Crippen molar-refractivity contribution in [3.05, 3.63) is 69.0 Å². The molecule has 1 heterocycles. The van der Waals surface area contributed by atoms with Gasteiger partial charge in [-0.3, -0.25) is 4.57 Å². The van der Waals surface area contributed by atoms with Gasteiger partial charge in [0, 0.05) is 6.54 Å². The van der Waals surface area contributed by atoms with Crippen LogP contribution < -0.4 is 20.9 Å². The Balaban J connectivity index is 1.61. The summed E-state index contributed by atoms with van der Waals surface area (Å²) in [6.45, 7) is 2.90. The van der Waals surface area contributed by atoms with Crippen LogP contribution in [0.1, 0.15) is 18.4 Å². The molecular formula is C20H21NO5. The van der Waals surface area contributed by atoms with Crippen molar-refractivity contribution >= 4 is 10.9 Å². The van der Waals surface area contributed by atoms with E-state index < -0.39 is 11.4 Å². The van der Waals surface area contributed by atoms with Crippen LogP contribution in [0.3, 0.4) is 0 Å². The van der Waals surface area contributed by atoms with Crippen LogP contribution in [-0.4, -0.2) is 18.3 Å². The van der Waals surface area contributed by atoms with E-state index in [1.54, 1.807) is 19.2 Å². The van der Waals surface area contributed by atoms with Gasteiger partial charge in [0.2, 0.25) is 0 Å². The van der Waals surface area contributed by atoms with Gasteiger partial charge >= 0.3 is 11.4 Å². The van der Waals surface area contributed by atoms with Crippen molar-refractivity contribution < 1.29 is 13.9 Å². The Bertz CT molecular complexity index is 1000. The van der Waals surface area contributed by atoms with Crippen molar-refractivity contribution in [1.29, 1.82) is 0 Å². The van der Waals surface area contributed by atoms with Gasteiger partial charge in [-0.1, -0.05) is 11.6 Å². The number of unbranched alkanes of at least 4 members (excludes halogenated alkanes) is 1. The maximum absolute atomic E-state index is 12.0. The summed E-state index contributed by atoms with van der Waals surface area (Å²) in [7, 11) is 1.62. The van der Waals surface area contributed by atoms with Crippen LogP contribution in [0.25, 0.3) is 10.9 Å². The first-order valence-electron chi connectivity index (χ1n) is 8.49. The molecule has 0 atom stereocenters. The predicted octanol–water partition coefficient (Wildman–Crippen LogP) is 3.13. The van der Waals surface area contributed by atoms with Gasteiger partial charge in [-0.05, 0) is 56.2 Å². The van der Waals surface area contributed by atoms with E-state index in [0.29, 0.717) is 24.1 Å². The highest BCUT2D eigenvalue weighted by Crippen LogP contribution is 2.17. The molecule has 0 aliphatic rings. The van der Waals surface area contributed by atoms with Gasteiger partial charge in [-0.25, -0.2) is 9.59 Å². The van der Waals surface area contributed by atoms with Crippen LogP contribution in [0.15, 0.2) is 56.5 Å². The lowest BCUT2D eigenvalue weighted by Gasteiger charge is -2.10. The van der Waals surface area contributed by atoms with Crippen LogP contribution in [0, 0.1) is 6.92 Å². The Morgan fingerprint density at radius 3 is 2.46 bits per heavy atom. The largest absolute Gasteiger partial charge is 0.497 e. The Morgan fingerprint density at radius 2 is 1.73 bits per heavy atom. The number of methoxy groups -OCH3 is 1. The first kappa shape index (κ1) is 17.8. The van der Waals surface area contributed by atoms with Gasteiger partial charge in [-0.2, -0.15) is 0 Å². The van der Waals surface area contributed by atoms with E-state index in [1.165, 1.54) is 4.57 Å². The minimum atomic E-state index is -0.623. The molecule has 0 aliphatic carbocycles. The van der Waals surface area contributed by atoms with Crippen molar-refractivity contribution in [3.63, 3.8) is 0 Å². The van der Waals surface area contributed by atoms with Crippen molar-refractivity contribution in [3.8, 4) is 11.5 Å². The number of aryl methyl sites for hydroxylation is 2. The predicted molar refractivity (Wildman–Crippen MR) is 99.2 cm³/mol. The molecule has 0 bridgehead atoms. The number of nitrogens with zero attached hydrogens (tertiary/aromatic N) is 1. The maximum atomic E-state index is 12.0. The molecule has 0 saturated heterocycles. The molecule has 6 heteroatoms. The summed E-state index contributed by atoms with van der Waals surface area (Å²) in [4.78, 5) is 23.9. The first-order valence-corrected chi connectivity index (χ1v) is 8.49. The second-order valence-corrected chi connectivity index (χ2v) is 6.06. The van der Waals surface area contributed by atoms with E-state index in [-0.39, 0.29) is 0 Å². The Morgan fingerprint density at radius 1 is 1.00 bits per heavy atom. The fraction of sp³-hybridized carbons (Fsp3) is 0.300. The summed E-state index contributed by atoms with van der Waals surface area (Å²) < 4.78 is 17.1. The summed E-state index contributed by atoms with van der Waals surface area (Å²) in [5.41, 5.74) is 0.962. The zero-order valence-corrected chi connectivity index (χ0v) is 14.9. The van der Waals surface area contributed by atoms with Crippen LogP contribution >= 0.6 is 0 Å². The van der Waals surface area contributed by atoms with Crippen molar-refractivity contribution in [2.45, 2.75) is 26.3 Å². The number of hydrogen-bond acceptors (Lipinski definition) is 5. The van der Waals surface area contributed by atoms with Crippen molar-refractivity contribution in [2.24, 2.45) is 0 Å². The summed E-state index contributed by atoms with van der Waals surface area (Å²) in [6, 6.07) is 12.8. The van der Waals surface area contributed by atoms with Crippen molar-refractivity contribution in [1.82, 2.24) is 4.57 Å². The standard InChI is InChI=1S/C20H21NO5/c1-14-5-10-18-17(13-14)19(22)26-20(23)21(18)11-3-4-12-25-16-8-6-15(24-2)7-9-16/h5-10,13H,3-4,11-12H2,1-2H3. The average molecular weight is 355 g/mol. The third-order valence-corrected chi connectivity index (χ3v) is 4.17. The van der Waals surface area contributed by atoms with Crippen LogP contribution in [0.2, 0.25) is 0 Å². The summed E-state index contributed by atoms with van der Waals surface area (Å²) >= 11 is 0. The van der Waals surface area contributed by atoms with Gasteiger partial charge < -0.3 is 13.9 Å². The molecule has 0 aliphatic heterocycles. The highest BCUT2D eigenvalue weighted by molar-refractivity contribution is 5.78. The van der Waals surface area contributed by atoms with Crippen LogP contribution in [0.5, 0.6) is 11.5 Å². The minimum Gasteiger partial charge on any atom is -0.497 e. The molecule has 2 aromatic carbocycles. The number of benzene rings is 2. The van der Waals surface area contributed by atoms with E-state index in [4.69, 9.17) is 13.9 Å². The summed E-state index contributed by atoms with van der Waals surface area (Å²) in [5, 5.41) is 0.430. The minimum absolute atomic E-state index is 0.430. The second-order valence-electron chi connectivity index (χ2n) is 6.06. The number of rotatable bonds is 7. The molecule has 26 heavy (non-hydrogen) atoms. The van der Waals surface area contributed by atoms with Gasteiger partial charge in [-0.15, -0.1) is 0 Å². The quantitative estimate of drug-likeness (QED) is 0.609. The Hall–Kier alpha value is -3.02. The lowest BCUT2D eigenvalue weighted by atomic mass is 10.1. The number of fused-ring (bicyclic) bond motifs is 1. The number of aromatic nitrogens is 1. The normalized spacial score (nSPS) is 10.8. The molecule has 0 fully saturated rings. The highest BCUT2D eigenvalue weighted by atomic mass is 16.5. The first-order chi connectivity index (χ1) is 12.6. The van der Waals surface area contributed by atoms with E-state index in [1.807, 2.05) is 37.3 Å². The fourth-order valence-electron chi connectivity index (χ4n) is 2.78. The summed E-state index contributed by atoms with van der Waals surface area (Å²) in [5.74, 6) is 0.932. The smallest absolute Gasteiger partial charge is 0.422 e. The van der Waals surface area contributed by atoms with Crippen LogP contribution in [0.4, 0.5) is 0 Å². The molecule has 0 saturated carbocycles. The SMILES string of the molecule is COc1ccc(OCCCCn2c(=O)oc(=O)c3cc(C)ccc32)cc1. The van der Waals surface area contributed by atoms with Gasteiger partial charge in [0.05, 0.1) is 24.6 Å². The monoisotopic (exact) mass is 355 g/mol. The van der Waals surface area contributed by atoms with E-state index in [9.17, 15) is 9.59 Å². The lowest BCUT2D eigenvalue weighted by Crippen LogP contribution is -2.25. The third-order valence-electron chi connectivity index (χ3n) is 4.17. The van der Waals surface area contributed by atoms with Crippen LogP contribution in [-0.2, 0) is 6.54 Å². The van der Waals surface area contributed by atoms with Gasteiger partial charge in [0.1, 0.15) is 11.5 Å². The fourth-order valence-corrected chi connectivity index (χ4v) is 2.78. The lowest BCUT2D eigenvalue weighted by molar-refractivity contribution is 0.300. The molecule has 1 aromatic heterocycles. The Kier molecular flexibility index (Phi) is 5.41. The zero-order valence-electron chi connectivity index (χ0n) is 14.9. The van der Waals surface area contributed by atoms with Gasteiger partial charge in [0.25, 0.3) is 0 Å². The maximum Gasteiger partial charge on any atom is 0.422 e. The highest BCUT2D eigenvalue weighted by Gasteiger charge is 2.09. The second kappa shape index (κ2) is 7.91. The molecule has 3 rings (SSSR count). The zero-order chi connectivity index (χ0) is 18.5. The third kappa shape index (κ3) is 3.96. The molecule has 3 aromatic rings. The van der Waals surface area contributed by atoms with Crippen molar-refractivity contribution in [2.75, 3.05) is 13.7 Å². The molecule has 0 N–H and O–H groups in total. The molecule has 6 nitrogen and oxygen atoms in total. The molecule has 136 valence electrons. The average Bonchev–Trinajstić information content (AvgIpc) is 2.64. The molecule has 0 spiro atoms. The van der Waals surface area contributed by atoms with E-state index in [2.05, 4.69) is 0 Å². The summed E-state index contributed by atoms with van der Waals surface area (Å²) in [6.07, 6.45) is 1.50. The number of hydrogen-bond donors (Lipinski definition) is 0. The van der Waals surface area contributed by atoms with Gasteiger partial charge in [0.15, 0.2) is 0 Å². The number of ether oxygens (including phenoxy) is 2. The molecule has 0 radical (unpaired) electrons. The molecule has 0 amide bonds.